The molecule has 0 aliphatic rings. The van der Waals surface area contributed by atoms with Crippen molar-refractivity contribution in [1.82, 2.24) is 0 Å². The normalized spacial score (nSPS) is 11.5. The van der Waals surface area contributed by atoms with Crippen molar-refractivity contribution in [2.24, 2.45) is 0 Å². The van der Waals surface area contributed by atoms with Gasteiger partial charge in [0.1, 0.15) is 12.6 Å². The summed E-state index contributed by atoms with van der Waals surface area (Å²) < 4.78 is 63.1. The number of halogens is 3. The molecule has 27 heavy (non-hydrogen) atoms. The zero-order chi connectivity index (χ0) is 20.2. The smallest absolute Gasteiger partial charge is 0.325 e. The van der Waals surface area contributed by atoms with E-state index in [0.29, 0.717) is 4.31 Å². The monoisotopic (exact) mass is 397 g/mol. The van der Waals surface area contributed by atoms with Crippen LogP contribution in [-0.2, 0) is 21.0 Å². The molecule has 2 rings (SSSR count). The van der Waals surface area contributed by atoms with Crippen LogP contribution in [-0.4, -0.2) is 27.1 Å². The van der Waals surface area contributed by atoms with Gasteiger partial charge in [0.05, 0.1) is 23.1 Å². The van der Waals surface area contributed by atoms with Gasteiger partial charge in [-0.2, -0.15) is 18.4 Å². The standard InChI is InChI=1S/C17H14F3N3O3S/c1-27(25,26)23(15-8-3-2-5-12(15)10-21)11-16(24)22-14-7-4-6-13(9-14)17(18,19)20/h2-9H,11H2,1H3,(H,22,24). The quantitative estimate of drug-likeness (QED) is 0.840. The van der Waals surface area contributed by atoms with Gasteiger partial charge in [0.15, 0.2) is 0 Å². The summed E-state index contributed by atoms with van der Waals surface area (Å²) in [7, 11) is -3.93. The van der Waals surface area contributed by atoms with Crippen LogP contribution in [0.3, 0.4) is 0 Å². The van der Waals surface area contributed by atoms with Gasteiger partial charge in [-0.05, 0) is 30.3 Å². The van der Waals surface area contributed by atoms with Crippen LogP contribution in [0.15, 0.2) is 48.5 Å². The Morgan fingerprint density at radius 1 is 1.19 bits per heavy atom. The third kappa shape index (κ3) is 5.21. The first-order valence-corrected chi connectivity index (χ1v) is 9.31. The van der Waals surface area contributed by atoms with Gasteiger partial charge < -0.3 is 5.32 Å². The maximum Gasteiger partial charge on any atom is 0.416 e. The molecule has 0 saturated heterocycles. The second-order valence-corrected chi connectivity index (χ2v) is 7.43. The molecule has 0 unspecified atom stereocenters. The highest BCUT2D eigenvalue weighted by Crippen LogP contribution is 2.30. The Bertz CT molecular complexity index is 998. The van der Waals surface area contributed by atoms with Gasteiger partial charge in [-0.1, -0.05) is 18.2 Å². The van der Waals surface area contributed by atoms with Crippen LogP contribution in [0.2, 0.25) is 0 Å². The van der Waals surface area contributed by atoms with E-state index < -0.39 is 34.2 Å². The Balaban J connectivity index is 2.27. The van der Waals surface area contributed by atoms with Gasteiger partial charge >= 0.3 is 6.18 Å². The van der Waals surface area contributed by atoms with Crippen molar-refractivity contribution in [3.8, 4) is 6.07 Å². The van der Waals surface area contributed by atoms with Crippen LogP contribution < -0.4 is 9.62 Å². The molecule has 0 aliphatic carbocycles. The molecular weight excluding hydrogens is 383 g/mol. The number of hydrogen-bond acceptors (Lipinski definition) is 4. The molecule has 1 N–H and O–H groups in total. The summed E-state index contributed by atoms with van der Waals surface area (Å²) in [6, 6.07) is 11.6. The van der Waals surface area contributed by atoms with Gasteiger partial charge in [0.2, 0.25) is 15.9 Å². The molecule has 0 radical (unpaired) electrons. The number of nitrogens with one attached hydrogen (secondary N) is 1. The molecular formula is C17H14F3N3O3S. The third-order valence-electron chi connectivity index (χ3n) is 3.45. The van der Waals surface area contributed by atoms with Crippen molar-refractivity contribution in [2.45, 2.75) is 6.18 Å². The van der Waals surface area contributed by atoms with Gasteiger partial charge in [-0.3, -0.25) is 9.10 Å². The predicted octanol–water partition coefficient (Wildman–Crippen LogP) is 2.98. The van der Waals surface area contributed by atoms with E-state index in [1.54, 1.807) is 0 Å². The number of alkyl halides is 3. The van der Waals surface area contributed by atoms with Crippen LogP contribution >= 0.6 is 0 Å². The second-order valence-electron chi connectivity index (χ2n) is 5.53. The van der Waals surface area contributed by atoms with Crippen molar-refractivity contribution in [1.29, 1.82) is 5.26 Å². The van der Waals surface area contributed by atoms with Crippen molar-refractivity contribution < 1.29 is 26.4 Å². The first-order valence-electron chi connectivity index (χ1n) is 7.46. The molecule has 0 heterocycles. The SMILES string of the molecule is CS(=O)(=O)N(CC(=O)Nc1cccc(C(F)(F)F)c1)c1ccccc1C#N. The van der Waals surface area contributed by atoms with Crippen molar-refractivity contribution in [2.75, 3.05) is 22.4 Å². The molecule has 0 aliphatic heterocycles. The Hall–Kier alpha value is -3.06. The zero-order valence-corrected chi connectivity index (χ0v) is 14.8. The summed E-state index contributed by atoms with van der Waals surface area (Å²) in [4.78, 5) is 12.2. The highest BCUT2D eigenvalue weighted by atomic mass is 32.2. The minimum Gasteiger partial charge on any atom is -0.325 e. The molecule has 2 aromatic rings. The van der Waals surface area contributed by atoms with E-state index in [1.165, 1.54) is 30.3 Å². The van der Waals surface area contributed by atoms with E-state index in [9.17, 15) is 26.4 Å². The van der Waals surface area contributed by atoms with Crippen LogP contribution in [0.5, 0.6) is 0 Å². The molecule has 0 bridgehead atoms. The minimum atomic E-state index is -4.58. The molecule has 0 aromatic heterocycles. The minimum absolute atomic E-state index is 0.00157. The first kappa shape index (κ1) is 20.3. The molecule has 1 amide bonds. The van der Waals surface area contributed by atoms with Crippen LogP contribution in [0.1, 0.15) is 11.1 Å². The molecule has 0 saturated carbocycles. The van der Waals surface area contributed by atoms with E-state index >= 15 is 0 Å². The van der Waals surface area contributed by atoms with Crippen molar-refractivity contribution in [3.63, 3.8) is 0 Å². The fraction of sp³-hybridized carbons (Fsp3) is 0.176. The Morgan fingerprint density at radius 2 is 1.85 bits per heavy atom. The number of amides is 1. The Morgan fingerprint density at radius 3 is 2.44 bits per heavy atom. The number of sulfonamides is 1. The van der Waals surface area contributed by atoms with E-state index in [2.05, 4.69) is 5.32 Å². The van der Waals surface area contributed by atoms with Gasteiger partial charge in [0.25, 0.3) is 0 Å². The summed E-state index contributed by atoms with van der Waals surface area (Å²) in [5.41, 5.74) is -1.04. The molecule has 0 fully saturated rings. The van der Waals surface area contributed by atoms with E-state index in [1.807, 2.05) is 6.07 Å². The number of nitrogens with zero attached hydrogens (tertiary/aromatic N) is 2. The van der Waals surface area contributed by atoms with Crippen molar-refractivity contribution in [3.05, 3.63) is 59.7 Å². The molecule has 0 atom stereocenters. The summed E-state index contributed by atoms with van der Waals surface area (Å²) >= 11 is 0. The second kappa shape index (κ2) is 7.67. The number of para-hydroxylation sites is 1. The summed E-state index contributed by atoms with van der Waals surface area (Å²) in [6.07, 6.45) is -3.72. The number of nitriles is 1. The third-order valence-corrected chi connectivity index (χ3v) is 4.58. The molecule has 10 heteroatoms. The Kier molecular flexibility index (Phi) is 5.75. The maximum absolute atomic E-state index is 12.7. The number of carbonyl (C=O) groups is 1. The lowest BCUT2D eigenvalue weighted by Crippen LogP contribution is -2.37. The van der Waals surface area contributed by atoms with Crippen molar-refractivity contribution >= 4 is 27.3 Å². The Labute approximate surface area is 153 Å². The molecule has 6 nitrogen and oxygen atoms in total. The molecule has 142 valence electrons. The number of hydrogen-bond donors (Lipinski definition) is 1. The van der Waals surface area contributed by atoms with E-state index in [4.69, 9.17) is 5.26 Å². The van der Waals surface area contributed by atoms with Crippen LogP contribution in [0.4, 0.5) is 24.5 Å². The average Bonchev–Trinajstić information content (AvgIpc) is 2.58. The van der Waals surface area contributed by atoms with Gasteiger partial charge in [-0.15, -0.1) is 0 Å². The highest BCUT2D eigenvalue weighted by molar-refractivity contribution is 7.92. The van der Waals surface area contributed by atoms with Gasteiger partial charge in [-0.25, -0.2) is 8.42 Å². The number of rotatable bonds is 5. The first-order chi connectivity index (χ1) is 12.5. The molecule has 2 aromatic carbocycles. The van der Waals surface area contributed by atoms with E-state index in [-0.39, 0.29) is 16.9 Å². The fourth-order valence-corrected chi connectivity index (χ4v) is 3.14. The fourth-order valence-electron chi connectivity index (χ4n) is 2.27. The lowest BCUT2D eigenvalue weighted by molar-refractivity contribution is -0.137. The van der Waals surface area contributed by atoms with Crippen LogP contribution in [0.25, 0.3) is 0 Å². The van der Waals surface area contributed by atoms with Crippen LogP contribution in [0, 0.1) is 11.3 Å². The number of anilines is 2. The predicted molar refractivity (Wildman–Crippen MR) is 93.4 cm³/mol. The molecule has 0 spiro atoms. The average molecular weight is 397 g/mol. The number of carbonyl (C=O) groups excluding carboxylic acids is 1. The number of benzene rings is 2. The summed E-state index contributed by atoms with van der Waals surface area (Å²) in [5, 5.41) is 11.4. The van der Waals surface area contributed by atoms with E-state index in [0.717, 1.165) is 24.5 Å². The highest BCUT2D eigenvalue weighted by Gasteiger charge is 2.30. The maximum atomic E-state index is 12.7. The largest absolute Gasteiger partial charge is 0.416 e. The summed E-state index contributed by atoms with van der Waals surface area (Å²) in [5.74, 6) is -0.854. The van der Waals surface area contributed by atoms with Gasteiger partial charge in [0, 0.05) is 5.69 Å². The lowest BCUT2D eigenvalue weighted by Gasteiger charge is -2.22. The summed E-state index contributed by atoms with van der Waals surface area (Å²) in [6.45, 7) is -0.701. The lowest BCUT2D eigenvalue weighted by atomic mass is 10.2. The zero-order valence-electron chi connectivity index (χ0n) is 14.0. The topological polar surface area (TPSA) is 90.3 Å².